The molecule has 0 bridgehead atoms. The van der Waals surface area contributed by atoms with Crippen LogP contribution in [0.15, 0.2) is 53.5 Å². The average molecular weight is 509 g/mol. The minimum absolute atomic E-state index is 0. The van der Waals surface area contributed by atoms with E-state index >= 15 is 0 Å². The van der Waals surface area contributed by atoms with Crippen LogP contribution in [0.3, 0.4) is 0 Å². The molecule has 2 aromatic carbocycles. The number of aliphatic imine (C=N–C) groups is 1. The summed E-state index contributed by atoms with van der Waals surface area (Å²) in [5.74, 6) is 0.780. The number of carbonyl (C=O) groups excluding carboxylic acids is 1. The van der Waals surface area contributed by atoms with Crippen molar-refractivity contribution in [3.8, 4) is 0 Å². The maximum atomic E-state index is 12.0. The van der Waals surface area contributed by atoms with Gasteiger partial charge in [0.05, 0.1) is 6.54 Å². The van der Waals surface area contributed by atoms with Crippen molar-refractivity contribution in [2.24, 2.45) is 4.99 Å². The third kappa shape index (κ3) is 7.92. The summed E-state index contributed by atoms with van der Waals surface area (Å²) in [6.07, 6.45) is 0. The highest BCUT2D eigenvalue weighted by Crippen LogP contribution is 2.12. The Morgan fingerprint density at radius 1 is 0.897 bits per heavy atom. The minimum atomic E-state index is 0. The first-order valence-electron chi connectivity index (χ1n) is 9.49. The normalized spacial score (nSPS) is 10.7. The van der Waals surface area contributed by atoms with E-state index < -0.39 is 0 Å². The van der Waals surface area contributed by atoms with E-state index in [9.17, 15) is 4.79 Å². The number of halogens is 1. The van der Waals surface area contributed by atoms with Crippen molar-refractivity contribution in [3.63, 3.8) is 0 Å². The highest BCUT2D eigenvalue weighted by atomic mass is 127. The van der Waals surface area contributed by atoms with Crippen molar-refractivity contribution in [2.75, 3.05) is 39.6 Å². The summed E-state index contributed by atoms with van der Waals surface area (Å²) in [7, 11) is 7.57. The molecule has 29 heavy (non-hydrogen) atoms. The standard InChI is InChI=1S/C22H31N5O.HI/c1-6-23-22(25-16-18-9-13-20(14-10-18)26(2)3)24-15-17-7-11-19(12-8-17)21(28)27(4)5;/h7-14H,6,15-16H2,1-5H3,(H2,23,24,25);1H. The van der Waals surface area contributed by atoms with Crippen molar-refractivity contribution in [2.45, 2.75) is 20.0 Å². The second-order valence-electron chi connectivity index (χ2n) is 7.01. The summed E-state index contributed by atoms with van der Waals surface area (Å²) in [6, 6.07) is 16.0. The third-order valence-electron chi connectivity index (χ3n) is 4.28. The van der Waals surface area contributed by atoms with Crippen LogP contribution in [-0.2, 0) is 13.1 Å². The van der Waals surface area contributed by atoms with Gasteiger partial charge in [-0.2, -0.15) is 0 Å². The van der Waals surface area contributed by atoms with E-state index in [1.54, 1.807) is 19.0 Å². The molecule has 158 valence electrons. The Hall–Kier alpha value is -2.29. The first-order valence-corrected chi connectivity index (χ1v) is 9.49. The summed E-state index contributed by atoms with van der Waals surface area (Å²) in [5.41, 5.74) is 4.12. The molecule has 0 saturated carbocycles. The molecule has 0 aromatic heterocycles. The lowest BCUT2D eigenvalue weighted by Crippen LogP contribution is -2.36. The zero-order chi connectivity index (χ0) is 20.5. The highest BCUT2D eigenvalue weighted by molar-refractivity contribution is 14.0. The second kappa shape index (κ2) is 12.3. The van der Waals surface area contributed by atoms with Crippen LogP contribution in [0.1, 0.15) is 28.4 Å². The fraction of sp³-hybridized carbons (Fsp3) is 0.364. The summed E-state index contributed by atoms with van der Waals surface area (Å²) < 4.78 is 0. The molecule has 6 nitrogen and oxygen atoms in total. The Labute approximate surface area is 191 Å². The summed E-state index contributed by atoms with van der Waals surface area (Å²) in [4.78, 5) is 20.3. The van der Waals surface area contributed by atoms with Crippen molar-refractivity contribution in [3.05, 3.63) is 65.2 Å². The molecular formula is C22H32IN5O. The Kier molecular flexibility index (Phi) is 10.5. The molecule has 7 heteroatoms. The Morgan fingerprint density at radius 2 is 1.48 bits per heavy atom. The summed E-state index contributed by atoms with van der Waals surface area (Å²) in [6.45, 7) is 4.09. The number of guanidine groups is 1. The monoisotopic (exact) mass is 509 g/mol. The Balaban J connectivity index is 0.00000420. The molecule has 0 radical (unpaired) electrons. The quantitative estimate of drug-likeness (QED) is 0.342. The van der Waals surface area contributed by atoms with Crippen LogP contribution >= 0.6 is 24.0 Å². The molecule has 0 heterocycles. The van der Waals surface area contributed by atoms with Crippen LogP contribution in [0.4, 0.5) is 5.69 Å². The summed E-state index contributed by atoms with van der Waals surface area (Å²) >= 11 is 0. The predicted octanol–water partition coefficient (Wildman–Crippen LogP) is 3.33. The molecule has 2 N–H and O–H groups in total. The molecule has 2 aromatic rings. The van der Waals surface area contributed by atoms with E-state index in [1.165, 1.54) is 5.69 Å². The smallest absolute Gasteiger partial charge is 0.253 e. The molecule has 0 aliphatic rings. The molecule has 0 saturated heterocycles. The molecule has 1 amide bonds. The number of nitrogens with zero attached hydrogens (tertiary/aromatic N) is 3. The molecule has 0 atom stereocenters. The van der Waals surface area contributed by atoms with E-state index in [-0.39, 0.29) is 29.9 Å². The van der Waals surface area contributed by atoms with Gasteiger partial charge in [0.25, 0.3) is 5.91 Å². The SMILES string of the molecule is CCNC(=NCc1ccc(N(C)C)cc1)NCc1ccc(C(=O)N(C)C)cc1.I. The number of hydrogen-bond donors (Lipinski definition) is 2. The Morgan fingerprint density at radius 3 is 2.00 bits per heavy atom. The van der Waals surface area contributed by atoms with E-state index in [4.69, 9.17) is 0 Å². The van der Waals surface area contributed by atoms with Gasteiger partial charge in [-0.1, -0.05) is 24.3 Å². The number of rotatable bonds is 7. The van der Waals surface area contributed by atoms with Crippen LogP contribution in [0, 0.1) is 0 Å². The molecule has 0 unspecified atom stereocenters. The van der Waals surface area contributed by atoms with Gasteiger partial charge >= 0.3 is 0 Å². The van der Waals surface area contributed by atoms with Gasteiger partial charge in [-0.3, -0.25) is 4.79 Å². The predicted molar refractivity (Wildman–Crippen MR) is 132 cm³/mol. The van der Waals surface area contributed by atoms with Gasteiger partial charge in [0, 0.05) is 52.5 Å². The molecule has 0 aliphatic carbocycles. The second-order valence-corrected chi connectivity index (χ2v) is 7.01. The number of carbonyl (C=O) groups is 1. The van der Waals surface area contributed by atoms with Gasteiger partial charge in [0.1, 0.15) is 0 Å². The van der Waals surface area contributed by atoms with E-state index in [0.29, 0.717) is 18.7 Å². The number of anilines is 1. The van der Waals surface area contributed by atoms with Crippen LogP contribution < -0.4 is 15.5 Å². The van der Waals surface area contributed by atoms with Crippen molar-refractivity contribution >= 4 is 41.5 Å². The average Bonchev–Trinajstić information content (AvgIpc) is 2.70. The maximum Gasteiger partial charge on any atom is 0.253 e. The molecule has 2 rings (SSSR count). The van der Waals surface area contributed by atoms with Gasteiger partial charge in [0.2, 0.25) is 0 Å². The fourth-order valence-corrected chi connectivity index (χ4v) is 2.62. The molecular weight excluding hydrogens is 477 g/mol. The lowest BCUT2D eigenvalue weighted by molar-refractivity contribution is 0.0827. The number of hydrogen-bond acceptors (Lipinski definition) is 3. The van der Waals surface area contributed by atoms with E-state index in [2.05, 4.69) is 44.8 Å². The largest absolute Gasteiger partial charge is 0.378 e. The van der Waals surface area contributed by atoms with Crippen LogP contribution in [0.2, 0.25) is 0 Å². The van der Waals surface area contributed by atoms with E-state index in [0.717, 1.165) is 23.6 Å². The van der Waals surface area contributed by atoms with Crippen LogP contribution in [0.5, 0.6) is 0 Å². The molecule has 0 spiro atoms. The highest BCUT2D eigenvalue weighted by Gasteiger charge is 2.07. The fourth-order valence-electron chi connectivity index (χ4n) is 2.62. The van der Waals surface area contributed by atoms with Gasteiger partial charge in [-0.05, 0) is 42.3 Å². The van der Waals surface area contributed by atoms with Gasteiger partial charge in [-0.25, -0.2) is 4.99 Å². The molecule has 0 aliphatic heterocycles. The zero-order valence-corrected chi connectivity index (χ0v) is 20.2. The Bertz CT molecular complexity index is 786. The lowest BCUT2D eigenvalue weighted by atomic mass is 10.1. The maximum absolute atomic E-state index is 12.0. The van der Waals surface area contributed by atoms with Gasteiger partial charge in [-0.15, -0.1) is 24.0 Å². The number of benzene rings is 2. The van der Waals surface area contributed by atoms with Crippen molar-refractivity contribution in [1.29, 1.82) is 0 Å². The topological polar surface area (TPSA) is 60.0 Å². The molecule has 0 fully saturated rings. The number of amides is 1. The van der Waals surface area contributed by atoms with Crippen LogP contribution in [0.25, 0.3) is 0 Å². The van der Waals surface area contributed by atoms with E-state index in [1.807, 2.05) is 45.3 Å². The van der Waals surface area contributed by atoms with Crippen molar-refractivity contribution in [1.82, 2.24) is 15.5 Å². The number of nitrogens with one attached hydrogen (secondary N) is 2. The first kappa shape index (κ1) is 24.7. The zero-order valence-electron chi connectivity index (χ0n) is 17.9. The lowest BCUT2D eigenvalue weighted by Gasteiger charge is -2.14. The van der Waals surface area contributed by atoms with Crippen LogP contribution in [-0.4, -0.2) is 51.5 Å². The van der Waals surface area contributed by atoms with Gasteiger partial charge < -0.3 is 20.4 Å². The minimum Gasteiger partial charge on any atom is -0.378 e. The first-order chi connectivity index (χ1) is 13.4. The van der Waals surface area contributed by atoms with Gasteiger partial charge in [0.15, 0.2) is 5.96 Å². The summed E-state index contributed by atoms with van der Waals surface area (Å²) in [5, 5.41) is 6.61. The third-order valence-corrected chi connectivity index (χ3v) is 4.28. The van der Waals surface area contributed by atoms with Crippen molar-refractivity contribution < 1.29 is 4.79 Å².